The van der Waals surface area contributed by atoms with E-state index < -0.39 is 5.97 Å². The molecule has 0 saturated carbocycles. The van der Waals surface area contributed by atoms with Crippen LogP contribution < -0.4 is 5.32 Å². The normalized spacial score (nSPS) is 10.8. The minimum absolute atomic E-state index is 0.0948. The molecule has 0 aliphatic rings. The molecule has 1 N–H and O–H groups in total. The summed E-state index contributed by atoms with van der Waals surface area (Å²) in [5.41, 5.74) is 1.31. The third-order valence-corrected chi connectivity index (χ3v) is 4.61. The van der Waals surface area contributed by atoms with Crippen LogP contribution in [0.2, 0.25) is 0 Å². The fourth-order valence-electron chi connectivity index (χ4n) is 2.50. The summed E-state index contributed by atoms with van der Waals surface area (Å²) in [5.74, 6) is 0.269. The molecule has 2 aromatic heterocycles. The summed E-state index contributed by atoms with van der Waals surface area (Å²) in [7, 11) is 1.34. The molecule has 2 heterocycles. The number of anilines is 1. The molecule has 0 bridgehead atoms. The van der Waals surface area contributed by atoms with Gasteiger partial charge in [0.05, 0.1) is 12.5 Å². The SMILES string of the molecule is COC(=O)c1nc(NCCCc2ccccc2)c2cc(C)sc2n1. The maximum absolute atomic E-state index is 11.8. The number of benzene rings is 1. The summed E-state index contributed by atoms with van der Waals surface area (Å²) in [4.78, 5) is 22.3. The van der Waals surface area contributed by atoms with Gasteiger partial charge < -0.3 is 10.1 Å². The van der Waals surface area contributed by atoms with Crippen molar-refractivity contribution in [1.82, 2.24) is 9.97 Å². The molecule has 6 heteroatoms. The number of carbonyl (C=O) groups excluding carboxylic acids is 1. The highest BCUT2D eigenvalue weighted by Crippen LogP contribution is 2.28. The lowest BCUT2D eigenvalue weighted by Gasteiger charge is -2.08. The van der Waals surface area contributed by atoms with Crippen molar-refractivity contribution < 1.29 is 9.53 Å². The number of carbonyl (C=O) groups is 1. The Hall–Kier alpha value is -2.47. The summed E-state index contributed by atoms with van der Waals surface area (Å²) >= 11 is 1.55. The van der Waals surface area contributed by atoms with Crippen molar-refractivity contribution >= 4 is 33.3 Å². The number of ether oxygens (including phenoxy) is 1. The van der Waals surface area contributed by atoms with E-state index in [1.807, 2.05) is 31.2 Å². The second-order valence-corrected chi connectivity index (χ2v) is 6.71. The van der Waals surface area contributed by atoms with Crippen molar-refractivity contribution in [2.45, 2.75) is 19.8 Å². The van der Waals surface area contributed by atoms with Gasteiger partial charge in [-0.25, -0.2) is 14.8 Å². The minimum atomic E-state index is -0.518. The van der Waals surface area contributed by atoms with E-state index >= 15 is 0 Å². The van der Waals surface area contributed by atoms with Crippen molar-refractivity contribution in [1.29, 1.82) is 0 Å². The van der Waals surface area contributed by atoms with Crippen molar-refractivity contribution in [3.8, 4) is 0 Å². The fourth-order valence-corrected chi connectivity index (χ4v) is 3.38. The quantitative estimate of drug-likeness (QED) is 0.545. The fraction of sp³-hybridized carbons (Fsp3) is 0.278. The van der Waals surface area contributed by atoms with Crippen LogP contribution >= 0.6 is 11.3 Å². The summed E-state index contributed by atoms with van der Waals surface area (Å²) in [6.45, 7) is 2.79. The average Bonchev–Trinajstić information content (AvgIpc) is 2.99. The molecule has 3 aromatic rings. The maximum atomic E-state index is 11.8. The number of nitrogens with zero attached hydrogens (tertiary/aromatic N) is 2. The summed E-state index contributed by atoms with van der Waals surface area (Å²) in [6, 6.07) is 12.4. The van der Waals surface area contributed by atoms with Crippen molar-refractivity contribution in [3.63, 3.8) is 0 Å². The van der Waals surface area contributed by atoms with Gasteiger partial charge in [-0.05, 0) is 31.4 Å². The maximum Gasteiger partial charge on any atom is 0.376 e. The Morgan fingerprint density at radius 3 is 2.79 bits per heavy atom. The Labute approximate surface area is 144 Å². The summed E-state index contributed by atoms with van der Waals surface area (Å²) in [5, 5.41) is 4.29. The number of hydrogen-bond donors (Lipinski definition) is 1. The molecule has 0 spiro atoms. The first kappa shape index (κ1) is 16.4. The van der Waals surface area contributed by atoms with E-state index in [1.165, 1.54) is 12.7 Å². The molecule has 0 atom stereocenters. The van der Waals surface area contributed by atoms with Crippen molar-refractivity contribution in [2.75, 3.05) is 19.0 Å². The first-order valence-electron chi connectivity index (χ1n) is 7.81. The second kappa shape index (κ2) is 7.40. The zero-order chi connectivity index (χ0) is 16.9. The van der Waals surface area contributed by atoms with E-state index in [2.05, 4.69) is 27.4 Å². The molecule has 0 amide bonds. The summed E-state index contributed by atoms with van der Waals surface area (Å²) < 4.78 is 4.74. The lowest BCUT2D eigenvalue weighted by molar-refractivity contribution is 0.0587. The van der Waals surface area contributed by atoms with Crippen LogP contribution in [0.15, 0.2) is 36.4 Å². The number of aryl methyl sites for hydroxylation is 2. The molecule has 0 radical (unpaired) electrons. The minimum Gasteiger partial charge on any atom is -0.463 e. The van der Waals surface area contributed by atoms with E-state index in [0.717, 1.165) is 34.5 Å². The number of rotatable bonds is 6. The Bertz CT molecular complexity index is 846. The molecule has 0 aliphatic heterocycles. The standard InChI is InChI=1S/C18H19N3O2S/c1-12-11-14-15(19-10-6-9-13-7-4-3-5-8-13)20-16(18(22)23-2)21-17(14)24-12/h3-5,7-8,11H,6,9-10H2,1-2H3,(H,19,20,21). The van der Waals surface area contributed by atoms with Gasteiger partial charge in [0.2, 0.25) is 5.82 Å². The molecule has 124 valence electrons. The number of hydrogen-bond acceptors (Lipinski definition) is 6. The largest absolute Gasteiger partial charge is 0.463 e. The molecular formula is C18H19N3O2S. The zero-order valence-corrected chi connectivity index (χ0v) is 14.5. The highest BCUT2D eigenvalue weighted by atomic mass is 32.1. The number of methoxy groups -OCH3 is 1. The van der Waals surface area contributed by atoms with Gasteiger partial charge in [-0.2, -0.15) is 0 Å². The van der Waals surface area contributed by atoms with Crippen molar-refractivity contribution in [3.05, 3.63) is 52.7 Å². The highest BCUT2D eigenvalue weighted by molar-refractivity contribution is 7.18. The van der Waals surface area contributed by atoms with Gasteiger partial charge in [0.25, 0.3) is 0 Å². The van der Waals surface area contributed by atoms with Gasteiger partial charge in [-0.3, -0.25) is 0 Å². The number of aromatic nitrogens is 2. The van der Waals surface area contributed by atoms with Gasteiger partial charge in [0.1, 0.15) is 10.6 Å². The van der Waals surface area contributed by atoms with E-state index in [9.17, 15) is 4.79 Å². The molecule has 5 nitrogen and oxygen atoms in total. The van der Waals surface area contributed by atoms with Crippen LogP contribution in [0.3, 0.4) is 0 Å². The van der Waals surface area contributed by atoms with Gasteiger partial charge in [-0.15, -0.1) is 11.3 Å². The third kappa shape index (κ3) is 3.71. The smallest absolute Gasteiger partial charge is 0.376 e. The van der Waals surface area contributed by atoms with Gasteiger partial charge in [0.15, 0.2) is 0 Å². The molecule has 0 saturated heterocycles. The van der Waals surface area contributed by atoms with Crippen LogP contribution in [0.4, 0.5) is 5.82 Å². The molecule has 0 unspecified atom stereocenters. The van der Waals surface area contributed by atoms with E-state index in [-0.39, 0.29) is 5.82 Å². The first-order valence-corrected chi connectivity index (χ1v) is 8.63. The molecule has 1 aromatic carbocycles. The van der Waals surface area contributed by atoms with Crippen LogP contribution in [-0.2, 0) is 11.2 Å². The number of fused-ring (bicyclic) bond motifs is 1. The Balaban J connectivity index is 1.73. The third-order valence-electron chi connectivity index (χ3n) is 3.66. The van der Waals surface area contributed by atoms with Gasteiger partial charge in [-0.1, -0.05) is 30.3 Å². The van der Waals surface area contributed by atoms with Crippen LogP contribution in [-0.4, -0.2) is 29.6 Å². The number of nitrogens with one attached hydrogen (secondary N) is 1. The molecule has 24 heavy (non-hydrogen) atoms. The van der Waals surface area contributed by atoms with Crippen LogP contribution in [0.5, 0.6) is 0 Å². The predicted molar refractivity (Wildman–Crippen MR) is 96.7 cm³/mol. The monoisotopic (exact) mass is 341 g/mol. The molecule has 0 aliphatic carbocycles. The molecule has 3 rings (SSSR count). The van der Waals surface area contributed by atoms with Crippen molar-refractivity contribution in [2.24, 2.45) is 0 Å². The zero-order valence-electron chi connectivity index (χ0n) is 13.7. The van der Waals surface area contributed by atoms with Crippen LogP contribution in [0.25, 0.3) is 10.2 Å². The first-order chi connectivity index (χ1) is 11.7. The Kier molecular flexibility index (Phi) is 5.05. The number of thiophene rings is 1. The van der Waals surface area contributed by atoms with Gasteiger partial charge in [0, 0.05) is 11.4 Å². The lowest BCUT2D eigenvalue weighted by atomic mass is 10.1. The van der Waals surface area contributed by atoms with Gasteiger partial charge >= 0.3 is 5.97 Å². The summed E-state index contributed by atoms with van der Waals surface area (Å²) in [6.07, 6.45) is 1.97. The average molecular weight is 341 g/mol. The second-order valence-electron chi connectivity index (χ2n) is 5.48. The van der Waals surface area contributed by atoms with E-state index in [1.54, 1.807) is 11.3 Å². The number of esters is 1. The Morgan fingerprint density at radius 2 is 2.04 bits per heavy atom. The highest BCUT2D eigenvalue weighted by Gasteiger charge is 2.15. The lowest BCUT2D eigenvalue weighted by Crippen LogP contribution is -2.11. The van der Waals surface area contributed by atoms with Crippen LogP contribution in [0.1, 0.15) is 27.5 Å². The topological polar surface area (TPSA) is 64.1 Å². The van der Waals surface area contributed by atoms with E-state index in [0.29, 0.717) is 5.82 Å². The molecule has 0 fully saturated rings. The van der Waals surface area contributed by atoms with E-state index in [4.69, 9.17) is 4.74 Å². The van der Waals surface area contributed by atoms with Crippen LogP contribution in [0, 0.1) is 6.92 Å². The molecular weight excluding hydrogens is 322 g/mol. The predicted octanol–water partition coefficient (Wildman–Crippen LogP) is 3.83. The Morgan fingerprint density at radius 1 is 1.25 bits per heavy atom.